The van der Waals surface area contributed by atoms with Gasteiger partial charge in [0.2, 0.25) is 0 Å². The average molecular weight is 280 g/mol. The number of halogens is 1. The van der Waals surface area contributed by atoms with Crippen LogP contribution in [0.1, 0.15) is 30.1 Å². The molecule has 0 saturated heterocycles. The van der Waals surface area contributed by atoms with Crippen LogP contribution < -0.4 is 10.1 Å². The molecule has 1 aromatic carbocycles. The molecule has 2 nitrogen and oxygen atoms in total. The van der Waals surface area contributed by atoms with Crippen molar-refractivity contribution in [1.29, 1.82) is 0 Å². The fourth-order valence-corrected chi connectivity index (χ4v) is 3.23. The topological polar surface area (TPSA) is 21.3 Å². The highest BCUT2D eigenvalue weighted by Gasteiger charge is 2.25. The van der Waals surface area contributed by atoms with Gasteiger partial charge in [0.05, 0.1) is 10.4 Å². The first-order valence-electron chi connectivity index (χ1n) is 5.96. The van der Waals surface area contributed by atoms with Crippen LogP contribution in [0.5, 0.6) is 5.75 Å². The molecular weight excluding hydrogens is 266 g/mol. The molecule has 2 heterocycles. The van der Waals surface area contributed by atoms with E-state index < -0.39 is 0 Å². The third-order valence-electron chi connectivity index (χ3n) is 3.24. The average Bonchev–Trinajstić information content (AvgIpc) is 2.97. The summed E-state index contributed by atoms with van der Waals surface area (Å²) in [6, 6.07) is 10.7. The van der Waals surface area contributed by atoms with Crippen molar-refractivity contribution in [1.82, 2.24) is 5.32 Å². The van der Waals surface area contributed by atoms with Gasteiger partial charge < -0.3 is 10.1 Å². The van der Waals surface area contributed by atoms with Gasteiger partial charge in [-0.1, -0.05) is 29.8 Å². The first kappa shape index (κ1) is 12.0. The Labute approximate surface area is 116 Å². The highest BCUT2D eigenvalue weighted by molar-refractivity contribution is 7.14. The quantitative estimate of drug-likeness (QED) is 0.910. The fraction of sp³-hybridized carbons (Fsp3) is 0.286. The number of rotatable bonds is 3. The normalized spacial score (nSPS) is 19.3. The molecule has 0 fully saturated rings. The van der Waals surface area contributed by atoms with Crippen molar-refractivity contribution >= 4 is 22.9 Å². The number of thiophene rings is 1. The Kier molecular flexibility index (Phi) is 3.29. The molecule has 0 saturated carbocycles. The van der Waals surface area contributed by atoms with Crippen molar-refractivity contribution in [3.05, 3.63) is 51.2 Å². The molecule has 0 aliphatic carbocycles. The molecule has 2 atom stereocenters. The molecule has 1 aromatic heterocycles. The lowest BCUT2D eigenvalue weighted by molar-refractivity contribution is 0.301. The maximum Gasteiger partial charge on any atom is 0.124 e. The van der Waals surface area contributed by atoms with Gasteiger partial charge in [-0.15, -0.1) is 11.3 Å². The molecule has 0 amide bonds. The zero-order valence-corrected chi connectivity index (χ0v) is 11.6. The van der Waals surface area contributed by atoms with Crippen molar-refractivity contribution < 1.29 is 4.74 Å². The molecule has 0 bridgehead atoms. The standard InChI is InChI=1S/C14H14ClNOS/c1-9(10-6-14(15)18-8-10)16-12-7-17-13-5-3-2-4-11(12)13/h2-6,8-9,12,16H,7H2,1H3. The van der Waals surface area contributed by atoms with E-state index in [0.29, 0.717) is 6.61 Å². The van der Waals surface area contributed by atoms with E-state index in [0.717, 1.165) is 10.1 Å². The van der Waals surface area contributed by atoms with Crippen LogP contribution in [0.3, 0.4) is 0 Å². The first-order valence-corrected chi connectivity index (χ1v) is 7.21. The minimum Gasteiger partial charge on any atom is -0.491 e. The number of ether oxygens (including phenoxy) is 1. The fourth-order valence-electron chi connectivity index (χ4n) is 2.25. The van der Waals surface area contributed by atoms with E-state index in [1.54, 1.807) is 11.3 Å². The van der Waals surface area contributed by atoms with Crippen molar-refractivity contribution in [2.75, 3.05) is 6.61 Å². The van der Waals surface area contributed by atoms with Gasteiger partial charge in [-0.25, -0.2) is 0 Å². The highest BCUT2D eigenvalue weighted by atomic mass is 35.5. The molecule has 1 aliphatic rings. The molecule has 1 aliphatic heterocycles. The number of fused-ring (bicyclic) bond motifs is 1. The molecule has 94 valence electrons. The molecule has 4 heteroatoms. The summed E-state index contributed by atoms with van der Waals surface area (Å²) in [5.74, 6) is 0.991. The van der Waals surface area contributed by atoms with E-state index in [4.69, 9.17) is 16.3 Å². The van der Waals surface area contributed by atoms with Crippen LogP contribution in [0.15, 0.2) is 35.7 Å². The van der Waals surface area contributed by atoms with Gasteiger partial charge in [-0.3, -0.25) is 0 Å². The maximum absolute atomic E-state index is 5.97. The summed E-state index contributed by atoms with van der Waals surface area (Å²) in [5, 5.41) is 5.69. The monoisotopic (exact) mass is 279 g/mol. The van der Waals surface area contributed by atoms with Gasteiger partial charge in [-0.2, -0.15) is 0 Å². The largest absolute Gasteiger partial charge is 0.491 e. The minimum atomic E-state index is 0.259. The van der Waals surface area contributed by atoms with Crippen LogP contribution in [-0.4, -0.2) is 6.61 Å². The van der Waals surface area contributed by atoms with Gasteiger partial charge >= 0.3 is 0 Å². The number of benzene rings is 1. The van der Waals surface area contributed by atoms with E-state index >= 15 is 0 Å². The van der Waals surface area contributed by atoms with Gasteiger partial charge in [-0.05, 0) is 30.0 Å². The van der Waals surface area contributed by atoms with Crippen LogP contribution in [0.4, 0.5) is 0 Å². The van der Waals surface area contributed by atoms with Gasteiger partial charge in [0, 0.05) is 11.6 Å². The Bertz CT molecular complexity index is 554. The predicted molar refractivity (Wildman–Crippen MR) is 75.6 cm³/mol. The third kappa shape index (κ3) is 2.26. The Morgan fingerprint density at radius 1 is 1.44 bits per heavy atom. The van der Waals surface area contributed by atoms with Gasteiger partial charge in [0.15, 0.2) is 0 Å². The summed E-state index contributed by atoms with van der Waals surface area (Å²) < 4.78 is 6.50. The first-order chi connectivity index (χ1) is 8.74. The lowest BCUT2D eigenvalue weighted by atomic mass is 10.1. The summed E-state index contributed by atoms with van der Waals surface area (Å²) in [7, 11) is 0. The molecule has 18 heavy (non-hydrogen) atoms. The molecule has 2 unspecified atom stereocenters. The Morgan fingerprint density at radius 2 is 2.28 bits per heavy atom. The summed E-state index contributed by atoms with van der Waals surface area (Å²) in [6.07, 6.45) is 0. The zero-order chi connectivity index (χ0) is 12.5. The number of para-hydroxylation sites is 1. The molecule has 2 aromatic rings. The van der Waals surface area contributed by atoms with E-state index in [2.05, 4.69) is 23.7 Å². The van der Waals surface area contributed by atoms with Gasteiger partial charge in [0.1, 0.15) is 12.4 Å². The van der Waals surface area contributed by atoms with Crippen molar-refractivity contribution in [2.24, 2.45) is 0 Å². The SMILES string of the molecule is CC(NC1COc2ccccc21)c1csc(Cl)c1. The second-order valence-electron chi connectivity index (χ2n) is 4.47. The lowest BCUT2D eigenvalue weighted by Crippen LogP contribution is -2.25. The third-order valence-corrected chi connectivity index (χ3v) is 4.35. The predicted octanol–water partition coefficient (Wildman–Crippen LogP) is 4.19. The lowest BCUT2D eigenvalue weighted by Gasteiger charge is -2.17. The van der Waals surface area contributed by atoms with Crippen molar-refractivity contribution in [2.45, 2.75) is 19.0 Å². The molecule has 1 N–H and O–H groups in total. The molecular formula is C14H14ClNOS. The summed E-state index contributed by atoms with van der Waals surface area (Å²) in [4.78, 5) is 0. The summed E-state index contributed by atoms with van der Waals surface area (Å²) in [5.41, 5.74) is 2.47. The zero-order valence-electron chi connectivity index (χ0n) is 10.0. The Balaban J connectivity index is 1.75. The summed E-state index contributed by atoms with van der Waals surface area (Å²) in [6.45, 7) is 2.85. The van der Waals surface area contributed by atoms with Crippen molar-refractivity contribution in [3.8, 4) is 5.75 Å². The Morgan fingerprint density at radius 3 is 3.06 bits per heavy atom. The van der Waals surface area contributed by atoms with E-state index in [9.17, 15) is 0 Å². The van der Waals surface area contributed by atoms with Crippen LogP contribution in [0.2, 0.25) is 4.34 Å². The minimum absolute atomic E-state index is 0.259. The molecule has 0 spiro atoms. The second kappa shape index (κ2) is 4.92. The maximum atomic E-state index is 5.97. The van der Waals surface area contributed by atoms with E-state index in [-0.39, 0.29) is 12.1 Å². The summed E-state index contributed by atoms with van der Waals surface area (Å²) >= 11 is 7.54. The molecule has 0 radical (unpaired) electrons. The van der Waals surface area contributed by atoms with Crippen LogP contribution in [-0.2, 0) is 0 Å². The highest BCUT2D eigenvalue weighted by Crippen LogP contribution is 2.34. The van der Waals surface area contributed by atoms with Crippen LogP contribution >= 0.6 is 22.9 Å². The Hall–Kier alpha value is -1.03. The number of hydrogen-bond donors (Lipinski definition) is 1. The molecule has 3 rings (SSSR count). The number of nitrogens with one attached hydrogen (secondary N) is 1. The van der Waals surface area contributed by atoms with Crippen LogP contribution in [0.25, 0.3) is 0 Å². The second-order valence-corrected chi connectivity index (χ2v) is 6.02. The van der Waals surface area contributed by atoms with Crippen LogP contribution in [0, 0.1) is 0 Å². The van der Waals surface area contributed by atoms with E-state index in [1.807, 2.05) is 24.3 Å². The smallest absolute Gasteiger partial charge is 0.124 e. The number of hydrogen-bond acceptors (Lipinski definition) is 3. The van der Waals surface area contributed by atoms with Crippen molar-refractivity contribution in [3.63, 3.8) is 0 Å². The van der Waals surface area contributed by atoms with Gasteiger partial charge in [0.25, 0.3) is 0 Å². The van der Waals surface area contributed by atoms with E-state index in [1.165, 1.54) is 11.1 Å².